The van der Waals surface area contributed by atoms with Crippen molar-refractivity contribution in [3.8, 4) is 5.75 Å². The second kappa shape index (κ2) is 8.23. The molecule has 0 aliphatic rings. The third-order valence-electron chi connectivity index (χ3n) is 3.57. The number of amides is 1. The number of carbonyl (C=O) groups excluding carboxylic acids is 1. The topological polar surface area (TPSA) is 29.5 Å². The third-order valence-corrected chi connectivity index (χ3v) is 4.15. The fourth-order valence-corrected chi connectivity index (χ4v) is 2.71. The molecule has 0 aromatic heterocycles. The normalized spacial score (nSPS) is 10.4. The molecule has 1 amide bonds. The van der Waals surface area contributed by atoms with Crippen LogP contribution in [0.5, 0.6) is 5.75 Å². The van der Waals surface area contributed by atoms with Gasteiger partial charge in [0.1, 0.15) is 12.4 Å². The average Bonchev–Trinajstić information content (AvgIpc) is 2.55. The Morgan fingerprint density at radius 2 is 1.78 bits per heavy atom. The van der Waals surface area contributed by atoms with Gasteiger partial charge in [0.25, 0.3) is 5.91 Å². The van der Waals surface area contributed by atoms with Crippen LogP contribution in [0.3, 0.4) is 0 Å². The summed E-state index contributed by atoms with van der Waals surface area (Å²) < 4.78 is 5.83. The number of nitrogens with zero attached hydrogens (tertiary/aromatic N) is 1. The van der Waals surface area contributed by atoms with Crippen LogP contribution in [0, 0.1) is 0 Å². The number of carbonyl (C=O) groups is 1. The van der Waals surface area contributed by atoms with Gasteiger partial charge in [-0.15, -0.1) is 0 Å². The first-order valence-electron chi connectivity index (χ1n) is 7.51. The maximum Gasteiger partial charge on any atom is 0.257 e. The molecule has 0 bridgehead atoms. The van der Waals surface area contributed by atoms with Gasteiger partial charge in [-0.25, -0.2) is 0 Å². The van der Waals surface area contributed by atoms with E-state index in [1.807, 2.05) is 32.0 Å². The molecule has 2 aromatic carbocycles. The van der Waals surface area contributed by atoms with Crippen LogP contribution in [-0.4, -0.2) is 23.9 Å². The Bertz CT molecular complexity index is 684. The number of hydrogen-bond acceptors (Lipinski definition) is 2. The molecule has 0 aliphatic carbocycles. The van der Waals surface area contributed by atoms with E-state index in [1.165, 1.54) is 0 Å². The Morgan fingerprint density at radius 3 is 2.43 bits per heavy atom. The highest BCUT2D eigenvalue weighted by molar-refractivity contribution is 6.35. The number of halogens is 2. The summed E-state index contributed by atoms with van der Waals surface area (Å²) in [5, 5.41) is 1.13. The van der Waals surface area contributed by atoms with Crippen molar-refractivity contribution in [1.29, 1.82) is 0 Å². The fraction of sp³-hybridized carbons (Fsp3) is 0.278. The van der Waals surface area contributed by atoms with E-state index in [1.54, 1.807) is 29.2 Å². The summed E-state index contributed by atoms with van der Waals surface area (Å²) in [5.41, 5.74) is 1.38. The summed E-state index contributed by atoms with van der Waals surface area (Å²) in [5.74, 6) is 0.517. The lowest BCUT2D eigenvalue weighted by molar-refractivity contribution is 0.0768. The first-order chi connectivity index (χ1) is 11.1. The van der Waals surface area contributed by atoms with Gasteiger partial charge in [-0.2, -0.15) is 0 Å². The molecule has 5 heteroatoms. The minimum absolute atomic E-state index is 0.0344. The molecular weight excluding hydrogens is 333 g/mol. The molecule has 2 aromatic rings. The third kappa shape index (κ3) is 4.40. The molecule has 0 saturated carbocycles. The summed E-state index contributed by atoms with van der Waals surface area (Å²) in [4.78, 5) is 14.3. The number of benzene rings is 2. The minimum atomic E-state index is -0.0344. The van der Waals surface area contributed by atoms with Crippen molar-refractivity contribution in [3.05, 3.63) is 63.6 Å². The van der Waals surface area contributed by atoms with E-state index in [0.717, 1.165) is 5.56 Å². The quantitative estimate of drug-likeness (QED) is 0.728. The molecule has 0 saturated heterocycles. The second-order valence-corrected chi connectivity index (χ2v) is 5.84. The zero-order chi connectivity index (χ0) is 16.8. The van der Waals surface area contributed by atoms with Crippen molar-refractivity contribution in [2.24, 2.45) is 0 Å². The van der Waals surface area contributed by atoms with Gasteiger partial charge in [0, 0.05) is 28.7 Å². The molecule has 23 heavy (non-hydrogen) atoms. The molecule has 2 rings (SSSR count). The lowest BCUT2D eigenvalue weighted by atomic mass is 10.1. The molecule has 0 radical (unpaired) electrons. The smallest absolute Gasteiger partial charge is 0.257 e. The van der Waals surface area contributed by atoms with Crippen LogP contribution >= 0.6 is 23.2 Å². The zero-order valence-corrected chi connectivity index (χ0v) is 14.7. The number of rotatable bonds is 6. The van der Waals surface area contributed by atoms with E-state index in [9.17, 15) is 4.79 Å². The largest absolute Gasteiger partial charge is 0.488 e. The van der Waals surface area contributed by atoms with Crippen LogP contribution in [0.25, 0.3) is 0 Å². The van der Waals surface area contributed by atoms with E-state index in [4.69, 9.17) is 27.9 Å². The van der Waals surface area contributed by atoms with Crippen LogP contribution in [0.2, 0.25) is 10.0 Å². The Balaban J connectivity index is 2.19. The molecule has 0 N–H and O–H groups in total. The van der Waals surface area contributed by atoms with Crippen molar-refractivity contribution in [3.63, 3.8) is 0 Å². The summed E-state index contributed by atoms with van der Waals surface area (Å²) >= 11 is 12.0. The monoisotopic (exact) mass is 351 g/mol. The maximum atomic E-state index is 12.6. The number of para-hydroxylation sites is 1. The zero-order valence-electron chi connectivity index (χ0n) is 13.2. The summed E-state index contributed by atoms with van der Waals surface area (Å²) in [6.45, 7) is 5.51. The lowest BCUT2D eigenvalue weighted by Crippen LogP contribution is -2.30. The Labute approximate surface area is 146 Å². The number of ether oxygens (including phenoxy) is 1. The predicted molar refractivity (Wildman–Crippen MR) is 94.5 cm³/mol. The first kappa shape index (κ1) is 17.6. The summed E-state index contributed by atoms with van der Waals surface area (Å²) in [6, 6.07) is 12.5. The van der Waals surface area contributed by atoms with Crippen LogP contribution < -0.4 is 4.74 Å². The van der Waals surface area contributed by atoms with E-state index in [2.05, 4.69) is 0 Å². The van der Waals surface area contributed by atoms with Crippen LogP contribution in [0.4, 0.5) is 0 Å². The highest BCUT2D eigenvalue weighted by Crippen LogP contribution is 2.25. The molecule has 0 fully saturated rings. The molecule has 0 unspecified atom stereocenters. The average molecular weight is 352 g/mol. The SMILES string of the molecule is CCN(CC)C(=O)c1ccccc1OCc1ccc(Cl)cc1Cl. The highest BCUT2D eigenvalue weighted by Gasteiger charge is 2.17. The van der Waals surface area contributed by atoms with Gasteiger partial charge in [-0.3, -0.25) is 4.79 Å². The van der Waals surface area contributed by atoms with Crippen molar-refractivity contribution in [1.82, 2.24) is 4.90 Å². The molecule has 122 valence electrons. The van der Waals surface area contributed by atoms with Crippen LogP contribution in [0.1, 0.15) is 29.8 Å². The maximum absolute atomic E-state index is 12.6. The minimum Gasteiger partial charge on any atom is -0.488 e. The molecule has 0 spiro atoms. The van der Waals surface area contributed by atoms with E-state index in [0.29, 0.717) is 34.4 Å². The van der Waals surface area contributed by atoms with Gasteiger partial charge in [-0.05, 0) is 38.1 Å². The van der Waals surface area contributed by atoms with Gasteiger partial charge in [0.2, 0.25) is 0 Å². The van der Waals surface area contributed by atoms with Gasteiger partial charge in [0.15, 0.2) is 0 Å². The van der Waals surface area contributed by atoms with Gasteiger partial charge in [-0.1, -0.05) is 41.4 Å². The Morgan fingerprint density at radius 1 is 1.09 bits per heavy atom. The first-order valence-corrected chi connectivity index (χ1v) is 8.27. The lowest BCUT2D eigenvalue weighted by Gasteiger charge is -2.20. The van der Waals surface area contributed by atoms with E-state index >= 15 is 0 Å². The van der Waals surface area contributed by atoms with Gasteiger partial charge >= 0.3 is 0 Å². The second-order valence-electron chi connectivity index (χ2n) is 5.00. The van der Waals surface area contributed by atoms with Crippen molar-refractivity contribution in [2.75, 3.05) is 13.1 Å². The van der Waals surface area contributed by atoms with E-state index in [-0.39, 0.29) is 12.5 Å². The fourth-order valence-electron chi connectivity index (χ4n) is 2.24. The van der Waals surface area contributed by atoms with Crippen LogP contribution in [0.15, 0.2) is 42.5 Å². The van der Waals surface area contributed by atoms with Gasteiger partial charge < -0.3 is 9.64 Å². The predicted octanol–water partition coefficient (Wildman–Crippen LogP) is 5.05. The van der Waals surface area contributed by atoms with E-state index < -0.39 is 0 Å². The Hall–Kier alpha value is -1.71. The molecule has 0 atom stereocenters. The molecule has 3 nitrogen and oxygen atoms in total. The molecule has 0 heterocycles. The number of hydrogen-bond donors (Lipinski definition) is 0. The molecular formula is C18H19Cl2NO2. The highest BCUT2D eigenvalue weighted by atomic mass is 35.5. The van der Waals surface area contributed by atoms with Gasteiger partial charge in [0.05, 0.1) is 5.56 Å². The van der Waals surface area contributed by atoms with Crippen molar-refractivity contribution < 1.29 is 9.53 Å². The Kier molecular flexibility index (Phi) is 6.31. The standard InChI is InChI=1S/C18H19Cl2NO2/c1-3-21(4-2)18(22)15-7-5-6-8-17(15)23-12-13-9-10-14(19)11-16(13)20/h5-11H,3-4,12H2,1-2H3. The van der Waals surface area contributed by atoms with Crippen molar-refractivity contribution in [2.45, 2.75) is 20.5 Å². The molecule has 0 aliphatic heterocycles. The summed E-state index contributed by atoms with van der Waals surface area (Å²) in [7, 11) is 0. The summed E-state index contributed by atoms with van der Waals surface area (Å²) in [6.07, 6.45) is 0. The van der Waals surface area contributed by atoms with Crippen molar-refractivity contribution >= 4 is 29.1 Å². The van der Waals surface area contributed by atoms with Crippen LogP contribution in [-0.2, 0) is 6.61 Å².